The molecule has 0 amide bonds. The highest BCUT2D eigenvalue weighted by Crippen LogP contribution is 2.21. The first-order valence-corrected chi connectivity index (χ1v) is 3.02. The Bertz CT molecular complexity index is 256. The molecule has 0 aliphatic rings. The number of hydrogen-bond donors (Lipinski definition) is 0. The zero-order chi connectivity index (χ0) is 11.6. The molecule has 0 spiro atoms. The van der Waals surface area contributed by atoms with Gasteiger partial charge in [0, 0.05) is 0 Å². The molecule has 0 aromatic heterocycles. The predicted molar refractivity (Wildman–Crippen MR) is 31.5 cm³/mol. The van der Waals surface area contributed by atoms with Crippen LogP contribution in [0.3, 0.4) is 0 Å². The Labute approximate surface area is 77.3 Å². The zero-order valence-electron chi connectivity index (χ0n) is 5.91. The fourth-order valence-corrected chi connectivity index (χ4v) is 0.220. The van der Waals surface area contributed by atoms with E-state index in [0.29, 0.717) is 0 Å². The van der Waals surface area contributed by atoms with Gasteiger partial charge in [0.2, 0.25) is 5.17 Å². The normalized spacial score (nSPS) is 14.1. The van der Waals surface area contributed by atoms with Crippen LogP contribution < -0.4 is 0 Å². The third kappa shape index (κ3) is 4.30. The second-order valence-corrected chi connectivity index (χ2v) is 2.11. The molecule has 0 aliphatic carbocycles. The second-order valence-electron chi connectivity index (χ2n) is 1.76. The number of oxime groups is 1. The van der Waals surface area contributed by atoms with Gasteiger partial charge in [-0.3, -0.25) is 0 Å². The molecular formula is C4ClF6NO2. The van der Waals surface area contributed by atoms with Gasteiger partial charge in [-0.2, -0.15) is 26.3 Å². The molecule has 0 saturated heterocycles. The molecule has 0 fully saturated rings. The van der Waals surface area contributed by atoms with E-state index in [4.69, 9.17) is 0 Å². The average molecular weight is 243 g/mol. The Morgan fingerprint density at radius 2 is 1.50 bits per heavy atom. The molecule has 0 saturated carbocycles. The highest BCUT2D eigenvalue weighted by molar-refractivity contribution is 6.66. The van der Waals surface area contributed by atoms with E-state index < -0.39 is 23.5 Å². The van der Waals surface area contributed by atoms with E-state index in [-0.39, 0.29) is 0 Å². The second kappa shape index (κ2) is 4.03. The Morgan fingerprint density at radius 1 is 1.07 bits per heavy atom. The summed E-state index contributed by atoms with van der Waals surface area (Å²) in [5.74, 6) is -2.89. The van der Waals surface area contributed by atoms with Gasteiger partial charge in [0.15, 0.2) is 0 Å². The molecule has 0 aromatic carbocycles. The molecule has 0 atom stereocenters. The maximum absolute atomic E-state index is 11.5. The molecule has 0 aromatic rings. The van der Waals surface area contributed by atoms with Crippen molar-refractivity contribution in [1.82, 2.24) is 0 Å². The molecule has 10 heteroatoms. The minimum Gasteiger partial charge on any atom is -0.307 e. The van der Waals surface area contributed by atoms with Gasteiger partial charge in [-0.1, -0.05) is 16.8 Å². The Kier molecular flexibility index (Phi) is 3.74. The van der Waals surface area contributed by atoms with Gasteiger partial charge in [0.25, 0.3) is 0 Å². The van der Waals surface area contributed by atoms with Crippen molar-refractivity contribution < 1.29 is 36.0 Å². The molecule has 0 rings (SSSR count). The summed E-state index contributed by atoms with van der Waals surface area (Å²) in [5, 5.41) is -0.464. The number of carbonyl (C=O) groups excluding carboxylic acids is 1. The number of halogens is 7. The number of hydrogen-bond acceptors (Lipinski definition) is 3. The van der Waals surface area contributed by atoms with Gasteiger partial charge in [0.05, 0.1) is 0 Å². The number of rotatable bonds is 1. The van der Waals surface area contributed by atoms with Gasteiger partial charge < -0.3 is 4.84 Å². The highest BCUT2D eigenvalue weighted by Gasteiger charge is 2.43. The molecule has 82 valence electrons. The lowest BCUT2D eigenvalue weighted by atomic mass is 10.7. The molecule has 0 radical (unpaired) electrons. The summed E-state index contributed by atoms with van der Waals surface area (Å²) in [6.07, 6.45) is -10.6. The van der Waals surface area contributed by atoms with Gasteiger partial charge in [-0.15, -0.1) is 0 Å². The predicted octanol–water partition coefficient (Wildman–Crippen LogP) is 2.21. The van der Waals surface area contributed by atoms with Crippen molar-refractivity contribution in [3.05, 3.63) is 0 Å². The smallest absolute Gasteiger partial charge is 0.307 e. The summed E-state index contributed by atoms with van der Waals surface area (Å²) < 4.78 is 68.4. The van der Waals surface area contributed by atoms with Crippen LogP contribution in [0.2, 0.25) is 0 Å². The van der Waals surface area contributed by atoms with Crippen molar-refractivity contribution in [1.29, 1.82) is 0 Å². The van der Waals surface area contributed by atoms with Crippen LogP contribution in [0.4, 0.5) is 26.3 Å². The third-order valence-electron chi connectivity index (χ3n) is 0.674. The van der Waals surface area contributed by atoms with Crippen LogP contribution in [-0.2, 0) is 9.63 Å². The topological polar surface area (TPSA) is 38.7 Å². The SMILES string of the molecule is O=C(O/N=C(\Cl)C(F)(F)F)C(F)(F)F. The van der Waals surface area contributed by atoms with Crippen molar-refractivity contribution >= 4 is 22.7 Å². The van der Waals surface area contributed by atoms with E-state index in [2.05, 4.69) is 16.4 Å². The van der Waals surface area contributed by atoms with E-state index in [0.717, 1.165) is 0 Å². The van der Waals surface area contributed by atoms with Crippen LogP contribution in [0, 0.1) is 0 Å². The number of nitrogens with zero attached hydrogens (tertiary/aromatic N) is 1. The van der Waals surface area contributed by atoms with Crippen molar-refractivity contribution in [2.45, 2.75) is 12.4 Å². The first-order chi connectivity index (χ1) is 6.05. The maximum Gasteiger partial charge on any atom is 0.493 e. The van der Waals surface area contributed by atoms with E-state index in [9.17, 15) is 31.1 Å². The van der Waals surface area contributed by atoms with Crippen LogP contribution in [0.25, 0.3) is 0 Å². The summed E-state index contributed by atoms with van der Waals surface area (Å²) in [6, 6.07) is 0. The van der Waals surface area contributed by atoms with Gasteiger partial charge in [0.1, 0.15) is 0 Å². The molecule has 0 N–H and O–H groups in total. The van der Waals surface area contributed by atoms with Gasteiger partial charge >= 0.3 is 18.3 Å². The Balaban J connectivity index is 4.39. The zero-order valence-corrected chi connectivity index (χ0v) is 6.67. The van der Waals surface area contributed by atoms with Crippen LogP contribution >= 0.6 is 11.6 Å². The summed E-state index contributed by atoms with van der Waals surface area (Å²) in [4.78, 5) is 12.7. The molecule has 0 aliphatic heterocycles. The van der Waals surface area contributed by atoms with Crippen molar-refractivity contribution in [2.24, 2.45) is 5.16 Å². The number of carbonyl (C=O) groups is 1. The third-order valence-corrected chi connectivity index (χ3v) is 0.957. The first-order valence-electron chi connectivity index (χ1n) is 2.64. The van der Waals surface area contributed by atoms with E-state index >= 15 is 0 Å². The van der Waals surface area contributed by atoms with Gasteiger partial charge in [-0.25, -0.2) is 4.79 Å². The molecular weight excluding hydrogens is 243 g/mol. The first kappa shape index (κ1) is 13.0. The van der Waals surface area contributed by atoms with Crippen LogP contribution in [0.5, 0.6) is 0 Å². The van der Waals surface area contributed by atoms with Crippen LogP contribution in [-0.4, -0.2) is 23.5 Å². The fraction of sp³-hybridized carbons (Fsp3) is 0.500. The minimum atomic E-state index is -5.42. The Morgan fingerprint density at radius 3 is 1.79 bits per heavy atom. The van der Waals surface area contributed by atoms with E-state index in [1.165, 1.54) is 0 Å². The van der Waals surface area contributed by atoms with Crippen LogP contribution in [0.1, 0.15) is 0 Å². The number of alkyl halides is 6. The summed E-state index contributed by atoms with van der Waals surface area (Å²) in [6.45, 7) is 0. The molecule has 3 nitrogen and oxygen atoms in total. The molecule has 0 heterocycles. The van der Waals surface area contributed by atoms with E-state index in [1.54, 1.807) is 5.16 Å². The molecule has 14 heavy (non-hydrogen) atoms. The van der Waals surface area contributed by atoms with Gasteiger partial charge in [-0.05, 0) is 0 Å². The summed E-state index contributed by atoms with van der Waals surface area (Å²) in [5.41, 5.74) is 0. The van der Waals surface area contributed by atoms with Crippen LogP contribution in [0.15, 0.2) is 5.16 Å². The summed E-state index contributed by atoms with van der Waals surface area (Å²) in [7, 11) is 0. The molecule has 0 bridgehead atoms. The minimum absolute atomic E-state index is 1.75. The lowest BCUT2D eigenvalue weighted by Gasteiger charge is -2.03. The van der Waals surface area contributed by atoms with Crippen molar-refractivity contribution in [3.63, 3.8) is 0 Å². The highest BCUT2D eigenvalue weighted by atomic mass is 35.5. The monoisotopic (exact) mass is 243 g/mol. The lowest BCUT2D eigenvalue weighted by molar-refractivity contribution is -0.200. The standard InChI is InChI=1S/C4ClF6NO2/c5-1(3(6,7)8)12-14-2(13)4(9,10)11/b12-1-. The summed E-state index contributed by atoms with van der Waals surface area (Å²) >= 11 is 4.33. The lowest BCUT2D eigenvalue weighted by Crippen LogP contribution is -2.25. The quantitative estimate of drug-likeness (QED) is 0.306. The average Bonchev–Trinajstić information content (AvgIpc) is 1.95. The van der Waals surface area contributed by atoms with Crippen molar-refractivity contribution in [3.8, 4) is 0 Å². The van der Waals surface area contributed by atoms with Crippen molar-refractivity contribution in [2.75, 3.05) is 0 Å². The fourth-order valence-electron chi connectivity index (χ4n) is 0.185. The van der Waals surface area contributed by atoms with E-state index in [1.807, 2.05) is 0 Å². The molecule has 0 unspecified atom stereocenters. The maximum atomic E-state index is 11.5. The largest absolute Gasteiger partial charge is 0.493 e. The Hall–Kier alpha value is -0.990.